The Balaban J connectivity index is 1.60. The highest BCUT2D eigenvalue weighted by Gasteiger charge is 2.14. The van der Waals surface area contributed by atoms with Crippen LogP contribution in [0.25, 0.3) is 11.2 Å². The second-order valence-electron chi connectivity index (χ2n) is 6.23. The zero-order valence-electron chi connectivity index (χ0n) is 14.4. The van der Waals surface area contributed by atoms with E-state index in [0.29, 0.717) is 24.3 Å². The molecule has 2 aromatic heterocycles. The van der Waals surface area contributed by atoms with Crippen LogP contribution in [-0.4, -0.2) is 37.0 Å². The number of imidazole rings is 1. The van der Waals surface area contributed by atoms with Crippen LogP contribution in [0.3, 0.4) is 0 Å². The molecule has 24 heavy (non-hydrogen) atoms. The molecule has 0 saturated carbocycles. The van der Waals surface area contributed by atoms with Gasteiger partial charge in [-0.1, -0.05) is 29.8 Å². The van der Waals surface area contributed by atoms with E-state index >= 15 is 0 Å². The third-order valence-corrected chi connectivity index (χ3v) is 4.51. The van der Waals surface area contributed by atoms with Gasteiger partial charge < -0.3 is 4.57 Å². The van der Waals surface area contributed by atoms with Gasteiger partial charge in [0.15, 0.2) is 11.2 Å². The second-order valence-corrected chi connectivity index (χ2v) is 6.23. The van der Waals surface area contributed by atoms with E-state index in [-0.39, 0.29) is 5.56 Å². The summed E-state index contributed by atoms with van der Waals surface area (Å²) in [6, 6.07) is 8.50. The lowest BCUT2D eigenvalue weighted by Gasteiger charge is -2.16. The fourth-order valence-corrected chi connectivity index (χ4v) is 2.80. The number of aryl methyl sites for hydroxylation is 2. The van der Waals surface area contributed by atoms with Gasteiger partial charge in [0.1, 0.15) is 0 Å². The van der Waals surface area contributed by atoms with Gasteiger partial charge in [-0.15, -0.1) is 0 Å². The van der Waals surface area contributed by atoms with Crippen LogP contribution in [0, 0.1) is 6.92 Å². The minimum atomic E-state index is -0.0340. The van der Waals surface area contributed by atoms with Crippen LogP contribution in [0.15, 0.2) is 35.4 Å². The van der Waals surface area contributed by atoms with Crippen LogP contribution in [0.5, 0.6) is 0 Å². The Bertz CT molecular complexity index is 886. The van der Waals surface area contributed by atoms with Crippen molar-refractivity contribution in [2.75, 3.05) is 13.1 Å². The Hall–Kier alpha value is -2.38. The summed E-state index contributed by atoms with van der Waals surface area (Å²) in [5.41, 5.74) is 3.83. The summed E-state index contributed by atoms with van der Waals surface area (Å²) in [5, 5.41) is 1.79. The number of nitrogens with zero attached hydrogens (tertiary/aromatic N) is 5. The van der Waals surface area contributed by atoms with Crippen LogP contribution < -0.4 is 11.4 Å². The summed E-state index contributed by atoms with van der Waals surface area (Å²) >= 11 is 0. The molecule has 3 rings (SSSR count). The van der Waals surface area contributed by atoms with E-state index in [1.54, 1.807) is 27.7 Å². The molecule has 7 nitrogen and oxygen atoms in total. The first kappa shape index (κ1) is 16.5. The summed E-state index contributed by atoms with van der Waals surface area (Å²) in [6.07, 6.45) is 2.61. The molecule has 0 radical (unpaired) electrons. The van der Waals surface area contributed by atoms with Gasteiger partial charge in [-0.3, -0.25) is 20.0 Å². The van der Waals surface area contributed by atoms with Crippen molar-refractivity contribution < 1.29 is 0 Å². The first-order valence-electron chi connectivity index (χ1n) is 8.09. The van der Waals surface area contributed by atoms with Crippen molar-refractivity contribution in [1.29, 1.82) is 0 Å². The van der Waals surface area contributed by atoms with Crippen molar-refractivity contribution in [3.8, 4) is 0 Å². The van der Waals surface area contributed by atoms with Crippen molar-refractivity contribution in [3.63, 3.8) is 0 Å². The molecule has 2 N–H and O–H groups in total. The van der Waals surface area contributed by atoms with E-state index in [4.69, 9.17) is 5.84 Å². The maximum Gasteiger partial charge on any atom is 0.292 e. The number of hydrazine groups is 1. The van der Waals surface area contributed by atoms with Gasteiger partial charge in [0.2, 0.25) is 0 Å². The Morgan fingerprint density at radius 3 is 2.54 bits per heavy atom. The molecule has 2 heterocycles. The SMILES string of the molecule is Cc1ccc(CCN(N)CCn2cnc3c2c(=O)n(C)n3C)cc1. The maximum atomic E-state index is 12.3. The molecule has 0 atom stereocenters. The van der Waals surface area contributed by atoms with Crippen molar-refractivity contribution in [2.24, 2.45) is 19.9 Å². The van der Waals surface area contributed by atoms with Crippen molar-refractivity contribution in [2.45, 2.75) is 19.9 Å². The minimum Gasteiger partial charge on any atom is -0.323 e. The number of nitrogens with two attached hydrogens (primary N) is 1. The van der Waals surface area contributed by atoms with E-state index in [9.17, 15) is 4.79 Å². The zero-order chi connectivity index (χ0) is 17.3. The van der Waals surface area contributed by atoms with Crippen LogP contribution in [0.1, 0.15) is 11.1 Å². The number of rotatable bonds is 6. The van der Waals surface area contributed by atoms with Crippen molar-refractivity contribution in [1.82, 2.24) is 23.9 Å². The van der Waals surface area contributed by atoms with E-state index in [0.717, 1.165) is 13.0 Å². The van der Waals surface area contributed by atoms with Gasteiger partial charge in [-0.25, -0.2) is 9.99 Å². The topological polar surface area (TPSA) is 74.0 Å². The molecule has 3 aromatic rings. The molecule has 0 spiro atoms. The third-order valence-electron chi connectivity index (χ3n) is 4.51. The summed E-state index contributed by atoms with van der Waals surface area (Å²) < 4.78 is 5.20. The monoisotopic (exact) mass is 328 g/mol. The fraction of sp³-hybridized carbons (Fsp3) is 0.412. The Morgan fingerprint density at radius 2 is 1.83 bits per heavy atom. The predicted octanol–water partition coefficient (Wildman–Crippen LogP) is 0.800. The molecule has 0 aliphatic heterocycles. The summed E-state index contributed by atoms with van der Waals surface area (Å²) in [4.78, 5) is 16.6. The van der Waals surface area contributed by atoms with E-state index in [1.165, 1.54) is 11.1 Å². The lowest BCUT2D eigenvalue weighted by Crippen LogP contribution is -2.36. The molecule has 0 aliphatic rings. The Labute approximate surface area is 140 Å². The number of aromatic nitrogens is 4. The first-order chi connectivity index (χ1) is 11.5. The first-order valence-corrected chi connectivity index (χ1v) is 8.09. The molecular weight excluding hydrogens is 304 g/mol. The molecular formula is C17H24N6O. The normalized spacial score (nSPS) is 11.7. The van der Waals surface area contributed by atoms with Crippen LogP contribution >= 0.6 is 0 Å². The van der Waals surface area contributed by atoms with Gasteiger partial charge in [0.25, 0.3) is 5.56 Å². The fourth-order valence-electron chi connectivity index (χ4n) is 2.80. The van der Waals surface area contributed by atoms with E-state index < -0.39 is 0 Å². The third kappa shape index (κ3) is 3.13. The smallest absolute Gasteiger partial charge is 0.292 e. The van der Waals surface area contributed by atoms with Gasteiger partial charge in [-0.05, 0) is 18.9 Å². The van der Waals surface area contributed by atoms with Crippen molar-refractivity contribution >= 4 is 11.2 Å². The van der Waals surface area contributed by atoms with Gasteiger partial charge >= 0.3 is 0 Å². The number of benzene rings is 1. The standard InChI is InChI=1S/C17H24N6O/c1-13-4-6-14(7-5-13)8-9-23(18)11-10-22-12-19-16-15(22)17(24)21(3)20(16)2/h4-7,12H,8-11,18H2,1-3H3. The average molecular weight is 328 g/mol. The zero-order valence-corrected chi connectivity index (χ0v) is 14.4. The van der Waals surface area contributed by atoms with Gasteiger partial charge in [-0.2, -0.15) is 0 Å². The Morgan fingerprint density at radius 1 is 1.12 bits per heavy atom. The molecule has 0 aliphatic carbocycles. The number of fused-ring (bicyclic) bond motifs is 1. The summed E-state index contributed by atoms with van der Waals surface area (Å²) in [6.45, 7) is 4.15. The van der Waals surface area contributed by atoms with Crippen LogP contribution in [-0.2, 0) is 27.1 Å². The minimum absolute atomic E-state index is 0.0340. The molecule has 0 unspecified atom stereocenters. The lowest BCUT2D eigenvalue weighted by molar-refractivity contribution is 0.275. The highest BCUT2D eigenvalue weighted by atomic mass is 16.1. The molecule has 0 fully saturated rings. The Kier molecular flexibility index (Phi) is 4.55. The highest BCUT2D eigenvalue weighted by molar-refractivity contribution is 5.70. The van der Waals surface area contributed by atoms with Gasteiger partial charge in [0.05, 0.1) is 6.33 Å². The van der Waals surface area contributed by atoms with Crippen LogP contribution in [0.2, 0.25) is 0 Å². The van der Waals surface area contributed by atoms with E-state index in [2.05, 4.69) is 36.2 Å². The predicted molar refractivity (Wildman–Crippen MR) is 94.6 cm³/mol. The van der Waals surface area contributed by atoms with Gasteiger partial charge in [0, 0.05) is 33.7 Å². The second kappa shape index (κ2) is 6.62. The number of hydrogen-bond donors (Lipinski definition) is 1. The average Bonchev–Trinajstić information content (AvgIpc) is 3.09. The van der Waals surface area contributed by atoms with Crippen LogP contribution in [0.4, 0.5) is 0 Å². The van der Waals surface area contributed by atoms with E-state index in [1.807, 2.05) is 11.6 Å². The molecule has 0 bridgehead atoms. The molecule has 128 valence electrons. The largest absolute Gasteiger partial charge is 0.323 e. The molecule has 7 heteroatoms. The number of hydrogen-bond acceptors (Lipinski definition) is 4. The molecule has 0 saturated heterocycles. The summed E-state index contributed by atoms with van der Waals surface area (Å²) in [7, 11) is 3.57. The maximum absolute atomic E-state index is 12.3. The molecule has 1 aromatic carbocycles. The summed E-state index contributed by atoms with van der Waals surface area (Å²) in [5.74, 6) is 6.10. The lowest BCUT2D eigenvalue weighted by atomic mass is 10.1. The van der Waals surface area contributed by atoms with Crippen molar-refractivity contribution in [3.05, 3.63) is 52.1 Å². The quantitative estimate of drug-likeness (QED) is 0.536. The molecule has 0 amide bonds. The highest BCUT2D eigenvalue weighted by Crippen LogP contribution is 2.08.